The van der Waals surface area contributed by atoms with Crippen LogP contribution in [0.3, 0.4) is 0 Å². The maximum atomic E-state index is 13.5. The Bertz CT molecular complexity index is 1290. The first-order valence-corrected chi connectivity index (χ1v) is 10.1. The Kier molecular flexibility index (Phi) is 6.07. The fraction of sp³-hybridized carbons (Fsp3) is 0.0870. The molecule has 166 valence electrons. The van der Waals surface area contributed by atoms with Crippen molar-refractivity contribution in [3.63, 3.8) is 0 Å². The lowest BCUT2D eigenvalue weighted by molar-refractivity contribution is 0.628. The van der Waals surface area contributed by atoms with Crippen LogP contribution in [0.4, 0.5) is 22.0 Å². The Morgan fingerprint density at radius 1 is 1.06 bits per heavy atom. The standard InChI is InChI=1S/C23H22FN9/c1-14(15-6-4-3-5-7-15)29-23-28-13-12-18(30-23)33-20(16-8-10-17(24)11-9-16)31-19(27-2)21(33)32-22(25)26/h3-14H,2H2,1H3,(H4,25,26,32)(H,28,29,30)/t14-/m0/s1. The van der Waals surface area contributed by atoms with Crippen LogP contribution in [0.5, 0.6) is 0 Å². The largest absolute Gasteiger partial charge is 0.370 e. The molecule has 9 nitrogen and oxygen atoms in total. The Morgan fingerprint density at radius 3 is 2.45 bits per heavy atom. The number of hydrogen-bond donors (Lipinski definition) is 3. The van der Waals surface area contributed by atoms with Gasteiger partial charge in [-0.3, -0.25) is 4.57 Å². The molecule has 0 amide bonds. The van der Waals surface area contributed by atoms with Gasteiger partial charge in [0.15, 0.2) is 17.6 Å². The summed E-state index contributed by atoms with van der Waals surface area (Å²) < 4.78 is 15.1. The van der Waals surface area contributed by atoms with Crippen molar-refractivity contribution in [2.24, 2.45) is 21.5 Å². The number of guanidine groups is 1. The molecule has 2 heterocycles. The third-order valence-corrected chi connectivity index (χ3v) is 4.84. The van der Waals surface area contributed by atoms with Crippen LogP contribution in [0.25, 0.3) is 17.2 Å². The highest BCUT2D eigenvalue weighted by atomic mass is 19.1. The molecule has 10 heteroatoms. The third kappa shape index (κ3) is 4.69. The van der Waals surface area contributed by atoms with E-state index in [9.17, 15) is 4.39 Å². The summed E-state index contributed by atoms with van der Waals surface area (Å²) in [4.78, 5) is 21.6. The van der Waals surface area contributed by atoms with Crippen LogP contribution in [0.1, 0.15) is 18.5 Å². The van der Waals surface area contributed by atoms with Gasteiger partial charge in [0.05, 0.1) is 6.04 Å². The van der Waals surface area contributed by atoms with Crippen LogP contribution in [-0.2, 0) is 0 Å². The molecule has 4 rings (SSSR count). The molecule has 0 aliphatic rings. The van der Waals surface area contributed by atoms with Gasteiger partial charge in [0.25, 0.3) is 0 Å². The first-order chi connectivity index (χ1) is 16.0. The van der Waals surface area contributed by atoms with Crippen LogP contribution in [0.15, 0.2) is 76.8 Å². The summed E-state index contributed by atoms with van der Waals surface area (Å²) in [5.74, 6) is 1.14. The van der Waals surface area contributed by atoms with E-state index in [1.165, 1.54) is 12.1 Å². The van der Waals surface area contributed by atoms with E-state index in [1.54, 1.807) is 29.0 Å². The van der Waals surface area contributed by atoms with Gasteiger partial charge in [0.2, 0.25) is 5.95 Å². The van der Waals surface area contributed by atoms with Crippen LogP contribution in [-0.4, -0.2) is 32.2 Å². The van der Waals surface area contributed by atoms with Gasteiger partial charge in [-0.15, -0.1) is 0 Å². The van der Waals surface area contributed by atoms with Crippen LogP contribution >= 0.6 is 0 Å². The van der Waals surface area contributed by atoms with Crippen LogP contribution < -0.4 is 16.8 Å². The number of halogens is 1. The minimum atomic E-state index is -0.369. The van der Waals surface area contributed by atoms with E-state index in [0.717, 1.165) is 5.56 Å². The Labute approximate surface area is 189 Å². The molecule has 2 aromatic heterocycles. The zero-order valence-corrected chi connectivity index (χ0v) is 17.9. The fourth-order valence-electron chi connectivity index (χ4n) is 3.30. The quantitative estimate of drug-likeness (QED) is 0.293. The van der Waals surface area contributed by atoms with Gasteiger partial charge in [-0.25, -0.2) is 19.4 Å². The number of rotatable bonds is 7. The molecule has 0 radical (unpaired) electrons. The van der Waals surface area contributed by atoms with E-state index >= 15 is 0 Å². The van der Waals surface area contributed by atoms with Gasteiger partial charge >= 0.3 is 0 Å². The van der Waals surface area contributed by atoms with Crippen LogP contribution in [0.2, 0.25) is 0 Å². The van der Waals surface area contributed by atoms with E-state index in [-0.39, 0.29) is 29.5 Å². The van der Waals surface area contributed by atoms with Gasteiger partial charge in [0.1, 0.15) is 17.5 Å². The van der Waals surface area contributed by atoms with Crippen molar-refractivity contribution in [3.05, 3.63) is 78.2 Å². The predicted molar refractivity (Wildman–Crippen MR) is 128 cm³/mol. The Balaban J connectivity index is 1.83. The summed E-state index contributed by atoms with van der Waals surface area (Å²) in [6.07, 6.45) is 1.61. The molecule has 0 bridgehead atoms. The molecule has 0 aliphatic carbocycles. The summed E-state index contributed by atoms with van der Waals surface area (Å²) in [6.45, 7) is 5.57. The number of aromatic nitrogens is 4. The molecule has 33 heavy (non-hydrogen) atoms. The summed E-state index contributed by atoms with van der Waals surface area (Å²) in [5, 5.41) is 3.29. The van der Waals surface area contributed by atoms with Crippen molar-refractivity contribution in [3.8, 4) is 17.2 Å². The molecule has 0 saturated carbocycles. The maximum absolute atomic E-state index is 13.5. The lowest BCUT2D eigenvalue weighted by Crippen LogP contribution is -2.22. The lowest BCUT2D eigenvalue weighted by Gasteiger charge is -2.15. The number of benzene rings is 2. The number of hydrogen-bond acceptors (Lipinski definition) is 6. The van der Waals surface area contributed by atoms with Crippen molar-refractivity contribution < 1.29 is 4.39 Å². The molecule has 0 spiro atoms. The summed E-state index contributed by atoms with van der Waals surface area (Å²) >= 11 is 0. The molecule has 4 aromatic rings. The average molecular weight is 443 g/mol. The molecule has 0 aliphatic heterocycles. The van der Waals surface area contributed by atoms with Gasteiger partial charge < -0.3 is 16.8 Å². The van der Waals surface area contributed by atoms with E-state index < -0.39 is 0 Å². The fourth-order valence-corrected chi connectivity index (χ4v) is 3.30. The number of nitrogens with two attached hydrogens (primary N) is 2. The van der Waals surface area contributed by atoms with Gasteiger partial charge in [-0.05, 0) is 43.5 Å². The first-order valence-electron chi connectivity index (χ1n) is 10.1. The monoisotopic (exact) mass is 443 g/mol. The Morgan fingerprint density at radius 2 is 1.79 bits per heavy atom. The molecule has 0 unspecified atom stereocenters. The highest BCUT2D eigenvalue weighted by molar-refractivity contribution is 5.82. The number of nitrogens with zero attached hydrogens (tertiary/aromatic N) is 6. The van der Waals surface area contributed by atoms with Gasteiger partial charge in [0, 0.05) is 17.8 Å². The van der Waals surface area contributed by atoms with E-state index in [1.807, 2.05) is 37.3 Å². The number of aliphatic imine (C=N–C) groups is 2. The minimum absolute atomic E-state index is 0.0385. The van der Waals surface area contributed by atoms with Crippen molar-refractivity contribution in [1.29, 1.82) is 0 Å². The van der Waals surface area contributed by atoms with Gasteiger partial charge in [-0.1, -0.05) is 30.3 Å². The number of imidazole rings is 1. The Hall–Kier alpha value is -4.60. The second-order valence-corrected chi connectivity index (χ2v) is 7.13. The second kappa shape index (κ2) is 9.27. The molecular weight excluding hydrogens is 421 g/mol. The van der Waals surface area contributed by atoms with Crippen molar-refractivity contribution in [1.82, 2.24) is 19.5 Å². The summed E-state index contributed by atoms with van der Waals surface area (Å²) in [5.41, 5.74) is 13.0. The number of nitrogens with one attached hydrogen (secondary N) is 1. The van der Waals surface area contributed by atoms with Gasteiger partial charge in [-0.2, -0.15) is 9.98 Å². The maximum Gasteiger partial charge on any atom is 0.225 e. The van der Waals surface area contributed by atoms with Crippen molar-refractivity contribution in [2.45, 2.75) is 13.0 Å². The molecule has 0 fully saturated rings. The molecule has 2 aromatic carbocycles. The van der Waals surface area contributed by atoms with Crippen molar-refractivity contribution in [2.75, 3.05) is 5.32 Å². The van der Waals surface area contributed by atoms with Crippen LogP contribution in [0, 0.1) is 5.82 Å². The minimum Gasteiger partial charge on any atom is -0.370 e. The first kappa shape index (κ1) is 21.6. The normalized spacial score (nSPS) is 11.6. The zero-order valence-electron chi connectivity index (χ0n) is 17.9. The smallest absolute Gasteiger partial charge is 0.225 e. The topological polar surface area (TPSA) is 132 Å². The summed E-state index contributed by atoms with van der Waals surface area (Å²) in [7, 11) is 0. The highest BCUT2D eigenvalue weighted by Crippen LogP contribution is 2.36. The second-order valence-electron chi connectivity index (χ2n) is 7.13. The molecular formula is C23H22FN9. The number of anilines is 1. The van der Waals surface area contributed by atoms with E-state index in [2.05, 4.69) is 37.0 Å². The van der Waals surface area contributed by atoms with E-state index in [4.69, 9.17) is 11.5 Å². The average Bonchev–Trinajstić information content (AvgIpc) is 3.18. The highest BCUT2D eigenvalue weighted by Gasteiger charge is 2.21. The SMILES string of the molecule is C=Nc1nc(-c2ccc(F)cc2)n(-c2ccnc(N[C@@H](C)c3ccccc3)n2)c1N=C(N)N. The lowest BCUT2D eigenvalue weighted by atomic mass is 10.1. The zero-order chi connectivity index (χ0) is 23.4. The predicted octanol–water partition coefficient (Wildman–Crippen LogP) is 3.88. The van der Waals surface area contributed by atoms with E-state index in [0.29, 0.717) is 23.2 Å². The molecule has 0 saturated heterocycles. The molecule has 1 atom stereocenters. The summed E-state index contributed by atoms with van der Waals surface area (Å²) in [6, 6.07) is 17.4. The molecule has 5 N–H and O–H groups in total. The van der Waals surface area contributed by atoms with Crippen molar-refractivity contribution >= 4 is 30.3 Å². The third-order valence-electron chi connectivity index (χ3n) is 4.84.